The molecule has 0 heterocycles. The van der Waals surface area contributed by atoms with Crippen molar-refractivity contribution in [3.8, 4) is 0 Å². The maximum atomic E-state index is 12.3. The quantitative estimate of drug-likeness (QED) is 0.436. The molecule has 0 bridgehead atoms. The van der Waals surface area contributed by atoms with Gasteiger partial charge in [0.1, 0.15) is 0 Å². The summed E-state index contributed by atoms with van der Waals surface area (Å²) in [5.74, 6) is -1.54. The van der Waals surface area contributed by atoms with E-state index < -0.39 is 11.8 Å². The molecule has 114 valence electrons. The number of ether oxygens (including phenoxy) is 1. The summed E-state index contributed by atoms with van der Waals surface area (Å²) >= 11 is 0. The van der Waals surface area contributed by atoms with Crippen molar-refractivity contribution in [2.45, 2.75) is 46.6 Å². The van der Waals surface area contributed by atoms with Crippen LogP contribution in [0, 0.1) is 5.92 Å². The number of Topliss-reactive ketones (excluding diaryl/α,β-unsaturated/α-hetero) is 1. The van der Waals surface area contributed by atoms with E-state index >= 15 is 0 Å². The summed E-state index contributed by atoms with van der Waals surface area (Å²) in [6.07, 6.45) is 2.83. The first-order valence-corrected chi connectivity index (χ1v) is 7.32. The molecule has 3 heteroatoms. The highest BCUT2D eigenvalue weighted by Gasteiger charge is 2.26. The van der Waals surface area contributed by atoms with Crippen LogP contribution in [0.15, 0.2) is 42.0 Å². The molecule has 0 aromatic heterocycles. The maximum absolute atomic E-state index is 12.3. The first kappa shape index (κ1) is 17.2. The van der Waals surface area contributed by atoms with Crippen LogP contribution in [0.4, 0.5) is 0 Å². The fourth-order valence-corrected chi connectivity index (χ4v) is 2.00. The zero-order chi connectivity index (χ0) is 15.8. The molecule has 0 radical (unpaired) electrons. The minimum atomic E-state index is -0.729. The number of carbonyl (C=O) groups is 2. The molecule has 3 nitrogen and oxygen atoms in total. The van der Waals surface area contributed by atoms with Crippen LogP contribution in [-0.4, -0.2) is 17.9 Å². The molecule has 0 fully saturated rings. The fraction of sp³-hybridized carbons (Fsp3) is 0.444. The van der Waals surface area contributed by atoms with Gasteiger partial charge in [-0.15, -0.1) is 0 Å². The van der Waals surface area contributed by atoms with Crippen LogP contribution in [-0.2, 0) is 20.7 Å². The number of rotatable bonds is 7. The van der Waals surface area contributed by atoms with Gasteiger partial charge in [0.15, 0.2) is 0 Å². The van der Waals surface area contributed by atoms with Crippen molar-refractivity contribution in [2.75, 3.05) is 0 Å². The standard InChI is InChI=1S/C18H24O3/c1-13(2)10-11-16(12-15-8-6-5-7-9-15)17(19)18(20)21-14(3)4/h5-10,14,16H,11-12H2,1-4H3. The molecule has 0 aliphatic carbocycles. The van der Waals surface area contributed by atoms with E-state index in [0.717, 1.165) is 11.1 Å². The van der Waals surface area contributed by atoms with Crippen LogP contribution in [0.1, 0.15) is 39.7 Å². The van der Waals surface area contributed by atoms with Crippen LogP contribution in [0.5, 0.6) is 0 Å². The van der Waals surface area contributed by atoms with Gasteiger partial charge in [-0.3, -0.25) is 4.79 Å². The highest BCUT2D eigenvalue weighted by atomic mass is 16.5. The third-order valence-corrected chi connectivity index (χ3v) is 3.05. The smallest absolute Gasteiger partial charge is 0.375 e. The van der Waals surface area contributed by atoms with Gasteiger partial charge in [0, 0.05) is 5.92 Å². The minimum absolute atomic E-state index is 0.276. The Labute approximate surface area is 127 Å². The number of ketones is 1. The Morgan fingerprint density at radius 2 is 1.76 bits per heavy atom. The molecule has 1 atom stereocenters. The number of esters is 1. The monoisotopic (exact) mass is 288 g/mol. The number of allylic oxidation sites excluding steroid dienone is 2. The molecule has 0 saturated heterocycles. The molecule has 0 aliphatic rings. The highest BCUT2D eigenvalue weighted by Crippen LogP contribution is 2.16. The van der Waals surface area contributed by atoms with Crippen LogP contribution < -0.4 is 0 Å². The normalized spacial score (nSPS) is 11.9. The van der Waals surface area contributed by atoms with Gasteiger partial charge in [0.2, 0.25) is 5.78 Å². The van der Waals surface area contributed by atoms with Crippen LogP contribution >= 0.6 is 0 Å². The molecular formula is C18H24O3. The van der Waals surface area contributed by atoms with Crippen molar-refractivity contribution in [3.05, 3.63) is 47.5 Å². The predicted octanol–water partition coefficient (Wildman–Crippen LogP) is 3.72. The molecule has 1 aromatic rings. The van der Waals surface area contributed by atoms with E-state index in [4.69, 9.17) is 4.74 Å². The third kappa shape index (κ3) is 6.39. The molecule has 1 unspecified atom stereocenters. The van der Waals surface area contributed by atoms with Crippen molar-refractivity contribution in [2.24, 2.45) is 5.92 Å². The first-order valence-electron chi connectivity index (χ1n) is 7.32. The van der Waals surface area contributed by atoms with Gasteiger partial charge in [-0.25, -0.2) is 4.79 Å². The molecule has 0 N–H and O–H groups in total. The van der Waals surface area contributed by atoms with Crippen molar-refractivity contribution >= 4 is 11.8 Å². The number of hydrogen-bond acceptors (Lipinski definition) is 3. The largest absolute Gasteiger partial charge is 0.457 e. The summed E-state index contributed by atoms with van der Waals surface area (Å²) in [5, 5.41) is 0. The predicted molar refractivity (Wildman–Crippen MR) is 83.9 cm³/mol. The lowest BCUT2D eigenvalue weighted by atomic mass is 9.91. The second-order valence-corrected chi connectivity index (χ2v) is 5.72. The number of benzene rings is 1. The van der Waals surface area contributed by atoms with Gasteiger partial charge in [0.25, 0.3) is 0 Å². The average Bonchev–Trinajstić information content (AvgIpc) is 2.42. The zero-order valence-electron chi connectivity index (χ0n) is 13.3. The van der Waals surface area contributed by atoms with Gasteiger partial charge in [-0.1, -0.05) is 42.0 Å². The molecule has 21 heavy (non-hydrogen) atoms. The lowest BCUT2D eigenvalue weighted by molar-refractivity contribution is -0.158. The Morgan fingerprint density at radius 3 is 2.29 bits per heavy atom. The average molecular weight is 288 g/mol. The van der Waals surface area contributed by atoms with E-state index in [1.165, 1.54) is 0 Å². The van der Waals surface area contributed by atoms with Gasteiger partial charge >= 0.3 is 5.97 Å². The summed E-state index contributed by atoms with van der Waals surface area (Å²) in [6, 6.07) is 9.74. The highest BCUT2D eigenvalue weighted by molar-refractivity contribution is 6.34. The van der Waals surface area contributed by atoms with Gasteiger partial charge in [-0.05, 0) is 46.1 Å². The van der Waals surface area contributed by atoms with E-state index in [9.17, 15) is 9.59 Å². The second-order valence-electron chi connectivity index (χ2n) is 5.72. The molecular weight excluding hydrogens is 264 g/mol. The van der Waals surface area contributed by atoms with E-state index in [1.54, 1.807) is 13.8 Å². The molecule has 0 spiro atoms. The molecule has 1 aromatic carbocycles. The molecule has 0 aliphatic heterocycles. The van der Waals surface area contributed by atoms with Gasteiger partial charge < -0.3 is 4.74 Å². The summed E-state index contributed by atoms with van der Waals surface area (Å²) in [6.45, 7) is 7.45. The van der Waals surface area contributed by atoms with Gasteiger partial charge in [0.05, 0.1) is 6.10 Å². The SMILES string of the molecule is CC(C)=CCC(Cc1ccccc1)C(=O)C(=O)OC(C)C. The lowest BCUT2D eigenvalue weighted by Crippen LogP contribution is -2.29. The number of carbonyl (C=O) groups excluding carboxylic acids is 2. The first-order chi connectivity index (χ1) is 9.90. The number of hydrogen-bond donors (Lipinski definition) is 0. The van der Waals surface area contributed by atoms with Crippen molar-refractivity contribution in [1.82, 2.24) is 0 Å². The maximum Gasteiger partial charge on any atom is 0.375 e. The fourth-order valence-electron chi connectivity index (χ4n) is 2.00. The molecule has 0 amide bonds. The van der Waals surface area contributed by atoms with Crippen LogP contribution in [0.25, 0.3) is 0 Å². The van der Waals surface area contributed by atoms with E-state index in [2.05, 4.69) is 0 Å². The Balaban J connectivity index is 2.83. The molecule has 1 rings (SSSR count). The molecule has 0 saturated carbocycles. The van der Waals surface area contributed by atoms with Crippen molar-refractivity contribution in [1.29, 1.82) is 0 Å². The van der Waals surface area contributed by atoms with Crippen LogP contribution in [0.3, 0.4) is 0 Å². The second kappa shape index (κ2) is 8.40. The minimum Gasteiger partial charge on any atom is -0.457 e. The van der Waals surface area contributed by atoms with Crippen molar-refractivity contribution in [3.63, 3.8) is 0 Å². The lowest BCUT2D eigenvalue weighted by Gasteiger charge is -2.15. The summed E-state index contributed by atoms with van der Waals surface area (Å²) in [7, 11) is 0. The third-order valence-electron chi connectivity index (χ3n) is 3.05. The van der Waals surface area contributed by atoms with E-state index in [0.29, 0.717) is 12.8 Å². The topological polar surface area (TPSA) is 43.4 Å². The summed E-state index contributed by atoms with van der Waals surface area (Å²) in [4.78, 5) is 24.1. The Morgan fingerprint density at radius 1 is 1.14 bits per heavy atom. The summed E-state index contributed by atoms with van der Waals surface area (Å²) in [5.41, 5.74) is 2.19. The Kier molecular flexibility index (Phi) is 6.86. The Bertz CT molecular complexity index is 496. The Hall–Kier alpha value is -1.90. The van der Waals surface area contributed by atoms with E-state index in [1.807, 2.05) is 50.3 Å². The van der Waals surface area contributed by atoms with Crippen LogP contribution in [0.2, 0.25) is 0 Å². The van der Waals surface area contributed by atoms with Gasteiger partial charge in [-0.2, -0.15) is 0 Å². The van der Waals surface area contributed by atoms with Crippen molar-refractivity contribution < 1.29 is 14.3 Å². The van der Waals surface area contributed by atoms with E-state index in [-0.39, 0.29) is 12.0 Å². The zero-order valence-corrected chi connectivity index (χ0v) is 13.3. The summed E-state index contributed by atoms with van der Waals surface area (Å²) < 4.78 is 5.03.